The van der Waals surface area contributed by atoms with E-state index in [0.29, 0.717) is 30.1 Å². The molecule has 8 nitrogen and oxygen atoms in total. The lowest BCUT2D eigenvalue weighted by Crippen LogP contribution is -2.40. The van der Waals surface area contributed by atoms with Gasteiger partial charge in [0.15, 0.2) is 15.7 Å². The fourth-order valence-corrected chi connectivity index (χ4v) is 5.19. The maximum absolute atomic E-state index is 12.9. The fraction of sp³-hybridized carbons (Fsp3) is 0.333. The van der Waals surface area contributed by atoms with E-state index in [2.05, 4.69) is 15.2 Å². The zero-order chi connectivity index (χ0) is 19.0. The number of hydrogen-bond acceptors (Lipinski definition) is 6. The number of rotatable bonds is 4. The molecule has 4 rings (SSSR count). The summed E-state index contributed by atoms with van der Waals surface area (Å²) in [5.41, 5.74) is 1.34. The Bertz CT molecular complexity index is 1090. The monoisotopic (exact) mass is 385 g/mol. The molecule has 1 saturated heterocycles. The van der Waals surface area contributed by atoms with Crippen molar-refractivity contribution in [3.63, 3.8) is 0 Å². The Morgan fingerprint density at radius 1 is 1.26 bits per heavy atom. The van der Waals surface area contributed by atoms with Crippen LogP contribution in [0.4, 0.5) is 0 Å². The van der Waals surface area contributed by atoms with Gasteiger partial charge >= 0.3 is 0 Å². The van der Waals surface area contributed by atoms with Gasteiger partial charge in [0.1, 0.15) is 0 Å². The molecule has 1 atom stereocenters. The lowest BCUT2D eigenvalue weighted by atomic mass is 10.1. The lowest BCUT2D eigenvalue weighted by molar-refractivity contribution is 0.0708. The molecule has 1 aliphatic heterocycles. The second-order valence-corrected chi connectivity index (χ2v) is 8.77. The van der Waals surface area contributed by atoms with Crippen molar-refractivity contribution in [3.8, 4) is 11.4 Å². The van der Waals surface area contributed by atoms with Gasteiger partial charge in [0.2, 0.25) is 0 Å². The third-order valence-electron chi connectivity index (χ3n) is 4.83. The number of nitrogens with zero attached hydrogens (tertiary/aromatic N) is 5. The Labute approximate surface area is 156 Å². The summed E-state index contributed by atoms with van der Waals surface area (Å²) in [6.45, 7) is 2.34. The quantitative estimate of drug-likeness (QED) is 0.674. The van der Waals surface area contributed by atoms with E-state index in [1.807, 2.05) is 25.3 Å². The van der Waals surface area contributed by atoms with Crippen LogP contribution in [-0.4, -0.2) is 62.9 Å². The molecule has 0 bridgehead atoms. The van der Waals surface area contributed by atoms with Crippen molar-refractivity contribution >= 4 is 21.5 Å². The third kappa shape index (κ3) is 3.30. The topological polar surface area (TPSA) is 97.5 Å². The van der Waals surface area contributed by atoms with E-state index in [0.717, 1.165) is 5.56 Å². The first-order chi connectivity index (χ1) is 13.0. The van der Waals surface area contributed by atoms with Gasteiger partial charge < -0.3 is 4.90 Å². The van der Waals surface area contributed by atoms with Gasteiger partial charge in [-0.05, 0) is 31.5 Å². The molecule has 2 aromatic heterocycles. The molecule has 0 saturated carbocycles. The van der Waals surface area contributed by atoms with Gasteiger partial charge in [-0.1, -0.05) is 12.1 Å². The van der Waals surface area contributed by atoms with E-state index < -0.39 is 9.84 Å². The maximum Gasteiger partial charge on any atom is 0.255 e. The van der Waals surface area contributed by atoms with Crippen molar-refractivity contribution in [2.75, 3.05) is 18.1 Å². The predicted octanol–water partition coefficient (Wildman–Crippen LogP) is 1.44. The van der Waals surface area contributed by atoms with E-state index in [1.54, 1.807) is 33.7 Å². The number of sulfone groups is 1. The number of carbonyl (C=O) groups excluding carboxylic acids is 1. The molecule has 0 spiro atoms. The van der Waals surface area contributed by atoms with Crippen molar-refractivity contribution in [3.05, 3.63) is 48.3 Å². The Balaban J connectivity index is 1.59. The molecular formula is C18H19N5O3S. The van der Waals surface area contributed by atoms with Gasteiger partial charge in [-0.3, -0.25) is 9.20 Å². The summed E-state index contributed by atoms with van der Waals surface area (Å²) in [6, 6.07) is 8.65. The normalized spacial score (nSPS) is 18.6. The van der Waals surface area contributed by atoms with Crippen molar-refractivity contribution in [2.24, 2.45) is 0 Å². The van der Waals surface area contributed by atoms with Gasteiger partial charge in [-0.2, -0.15) is 0 Å². The summed E-state index contributed by atoms with van der Waals surface area (Å²) in [5.74, 6) is 1.19. The summed E-state index contributed by atoms with van der Waals surface area (Å²) < 4.78 is 25.3. The number of carbonyl (C=O) groups is 1. The first-order valence-corrected chi connectivity index (χ1v) is 10.6. The van der Waals surface area contributed by atoms with Crippen LogP contribution in [0.25, 0.3) is 17.2 Å². The minimum Gasteiger partial charge on any atom is -0.335 e. The van der Waals surface area contributed by atoms with Crippen LogP contribution in [0.1, 0.15) is 23.7 Å². The highest BCUT2D eigenvalue weighted by molar-refractivity contribution is 7.91. The number of amides is 1. The predicted molar refractivity (Wildman–Crippen MR) is 100.0 cm³/mol. The highest BCUT2D eigenvalue weighted by Crippen LogP contribution is 2.22. The molecule has 0 N–H and O–H groups in total. The highest BCUT2D eigenvalue weighted by Gasteiger charge is 2.34. The zero-order valence-electron chi connectivity index (χ0n) is 14.8. The molecule has 1 fully saturated rings. The van der Waals surface area contributed by atoms with Gasteiger partial charge in [-0.15, -0.1) is 10.2 Å². The Morgan fingerprint density at radius 3 is 2.70 bits per heavy atom. The third-order valence-corrected chi connectivity index (χ3v) is 6.58. The molecule has 27 heavy (non-hydrogen) atoms. The van der Waals surface area contributed by atoms with Crippen molar-refractivity contribution in [1.29, 1.82) is 0 Å². The molecule has 1 aromatic carbocycles. The van der Waals surface area contributed by atoms with E-state index >= 15 is 0 Å². The molecule has 1 amide bonds. The molecule has 0 radical (unpaired) electrons. The second kappa shape index (κ2) is 6.73. The molecule has 1 aliphatic rings. The molecule has 3 heterocycles. The summed E-state index contributed by atoms with van der Waals surface area (Å²) >= 11 is 0. The average Bonchev–Trinajstić information content (AvgIpc) is 3.25. The number of fused-ring (bicyclic) bond motifs is 1. The smallest absolute Gasteiger partial charge is 0.255 e. The molecule has 3 aromatic rings. The summed E-state index contributed by atoms with van der Waals surface area (Å²) in [7, 11) is -3.04. The minimum atomic E-state index is -3.04. The standard InChI is InChI=1S/C18H19N5O3S/c1-2-22(15-8-11-27(25,26)12-15)17(24)14-6-4-13(5-7-14)16-20-21-18-19-9-3-10-23(16)18/h3-7,9-10,15H,2,8,11-12H2,1H3. The Hall–Kier alpha value is -2.81. The molecule has 0 aliphatic carbocycles. The van der Waals surface area contributed by atoms with Crippen molar-refractivity contribution in [2.45, 2.75) is 19.4 Å². The molecular weight excluding hydrogens is 366 g/mol. The van der Waals surface area contributed by atoms with Crippen LogP contribution in [-0.2, 0) is 9.84 Å². The number of hydrogen-bond donors (Lipinski definition) is 0. The van der Waals surface area contributed by atoms with Crippen LogP contribution in [0.2, 0.25) is 0 Å². The summed E-state index contributed by atoms with van der Waals surface area (Å²) in [5, 5.41) is 8.19. The van der Waals surface area contributed by atoms with Crippen LogP contribution in [0.5, 0.6) is 0 Å². The largest absolute Gasteiger partial charge is 0.335 e. The molecule has 140 valence electrons. The molecule has 9 heteroatoms. The van der Waals surface area contributed by atoms with Gasteiger partial charge in [-0.25, -0.2) is 13.4 Å². The zero-order valence-corrected chi connectivity index (χ0v) is 15.6. The Morgan fingerprint density at radius 2 is 2.04 bits per heavy atom. The van der Waals surface area contributed by atoms with Crippen molar-refractivity contribution < 1.29 is 13.2 Å². The number of aromatic nitrogens is 4. The summed E-state index contributed by atoms with van der Waals surface area (Å²) in [6.07, 6.45) is 3.98. The van der Waals surface area contributed by atoms with Gasteiger partial charge in [0.25, 0.3) is 11.7 Å². The lowest BCUT2D eigenvalue weighted by Gasteiger charge is -2.27. The first-order valence-electron chi connectivity index (χ1n) is 8.76. The second-order valence-electron chi connectivity index (χ2n) is 6.54. The minimum absolute atomic E-state index is 0.0450. The van der Waals surface area contributed by atoms with E-state index in [1.165, 1.54) is 0 Å². The highest BCUT2D eigenvalue weighted by atomic mass is 32.2. The van der Waals surface area contributed by atoms with Gasteiger partial charge in [0, 0.05) is 36.1 Å². The SMILES string of the molecule is CCN(C(=O)c1ccc(-c2nnc3ncccn23)cc1)C1CCS(=O)(=O)C1. The molecule has 1 unspecified atom stereocenters. The van der Waals surface area contributed by atoms with Crippen LogP contribution in [0.3, 0.4) is 0 Å². The number of benzene rings is 1. The average molecular weight is 385 g/mol. The van der Waals surface area contributed by atoms with Crippen LogP contribution >= 0.6 is 0 Å². The van der Waals surface area contributed by atoms with E-state index in [9.17, 15) is 13.2 Å². The van der Waals surface area contributed by atoms with Crippen molar-refractivity contribution in [1.82, 2.24) is 24.5 Å². The maximum atomic E-state index is 12.9. The van der Waals surface area contributed by atoms with E-state index in [4.69, 9.17) is 0 Å². The van der Waals surface area contributed by atoms with Gasteiger partial charge in [0.05, 0.1) is 11.5 Å². The first kappa shape index (κ1) is 17.6. The fourth-order valence-electron chi connectivity index (χ4n) is 3.46. The van der Waals surface area contributed by atoms with E-state index in [-0.39, 0.29) is 23.5 Å². The van der Waals surface area contributed by atoms with Crippen LogP contribution < -0.4 is 0 Å². The Kier molecular flexibility index (Phi) is 4.39. The summed E-state index contributed by atoms with van der Waals surface area (Å²) in [4.78, 5) is 18.7. The van der Waals surface area contributed by atoms with Crippen LogP contribution in [0, 0.1) is 0 Å². The van der Waals surface area contributed by atoms with Crippen LogP contribution in [0.15, 0.2) is 42.7 Å².